The van der Waals surface area contributed by atoms with E-state index in [9.17, 15) is 9.59 Å². The Bertz CT molecular complexity index is 1070. The number of nitrogens with one attached hydrogen (secondary N) is 1. The molecule has 2 unspecified atom stereocenters. The van der Waals surface area contributed by atoms with E-state index in [0.29, 0.717) is 11.3 Å². The van der Waals surface area contributed by atoms with Crippen LogP contribution in [0.4, 0.5) is 0 Å². The molecule has 3 rings (SSSR count). The molecule has 6 heteroatoms. The molecular weight excluding hydrogens is 366 g/mol. The predicted octanol–water partition coefficient (Wildman–Crippen LogP) is 3.25. The van der Waals surface area contributed by atoms with Gasteiger partial charge < -0.3 is 14.5 Å². The van der Waals surface area contributed by atoms with Crippen LogP contribution in [0.25, 0.3) is 5.52 Å². The van der Waals surface area contributed by atoms with Gasteiger partial charge in [0.1, 0.15) is 6.61 Å². The fraction of sp³-hybridized carbons (Fsp3) is 0.348. The van der Waals surface area contributed by atoms with Gasteiger partial charge in [-0.25, -0.2) is 4.99 Å². The van der Waals surface area contributed by atoms with E-state index in [1.54, 1.807) is 6.92 Å². The van der Waals surface area contributed by atoms with Gasteiger partial charge in [0, 0.05) is 29.5 Å². The van der Waals surface area contributed by atoms with Crippen molar-refractivity contribution in [3.63, 3.8) is 0 Å². The maximum atomic E-state index is 13.0. The average Bonchev–Trinajstić information content (AvgIpc) is 3.12. The van der Waals surface area contributed by atoms with Gasteiger partial charge >= 0.3 is 0 Å². The normalized spacial score (nSPS) is 17.5. The molecule has 3 heterocycles. The number of aliphatic imine (C=N–C) groups is 1. The summed E-state index contributed by atoms with van der Waals surface area (Å²) in [6.07, 6.45) is 8.85. The van der Waals surface area contributed by atoms with Crippen LogP contribution in [0.1, 0.15) is 48.5 Å². The summed E-state index contributed by atoms with van der Waals surface area (Å²) in [4.78, 5) is 29.2. The second-order valence-corrected chi connectivity index (χ2v) is 7.27. The molecule has 0 saturated carbocycles. The van der Waals surface area contributed by atoms with Gasteiger partial charge in [0.05, 0.1) is 17.7 Å². The lowest BCUT2D eigenvalue weighted by molar-refractivity contribution is -0.120. The summed E-state index contributed by atoms with van der Waals surface area (Å²) in [5, 5.41) is 2.90. The second kappa shape index (κ2) is 8.46. The summed E-state index contributed by atoms with van der Waals surface area (Å²) in [5.41, 5.74) is 4.71. The summed E-state index contributed by atoms with van der Waals surface area (Å²) in [6.45, 7) is 7.88. The first-order chi connectivity index (χ1) is 13.8. The number of allylic oxidation sites excluding steroid dienone is 1. The van der Waals surface area contributed by atoms with E-state index in [0.717, 1.165) is 22.3 Å². The monoisotopic (exact) mass is 391 g/mol. The number of hydrogen-bond acceptors (Lipinski definition) is 3. The van der Waals surface area contributed by atoms with Crippen LogP contribution in [-0.2, 0) is 9.53 Å². The Morgan fingerprint density at radius 2 is 2.17 bits per heavy atom. The van der Waals surface area contributed by atoms with Crippen LogP contribution in [0.2, 0.25) is 0 Å². The number of pyridine rings is 1. The van der Waals surface area contributed by atoms with Crippen molar-refractivity contribution < 1.29 is 14.3 Å². The molecule has 0 saturated heterocycles. The van der Waals surface area contributed by atoms with Gasteiger partial charge in [-0.05, 0) is 57.5 Å². The number of nitrogens with zero attached hydrogens (tertiary/aromatic N) is 2. The molecule has 6 nitrogen and oxygen atoms in total. The van der Waals surface area contributed by atoms with Gasteiger partial charge in [0.2, 0.25) is 0 Å². The Morgan fingerprint density at radius 3 is 2.86 bits per heavy atom. The van der Waals surface area contributed by atoms with Crippen molar-refractivity contribution in [1.82, 2.24) is 9.72 Å². The molecule has 0 aromatic carbocycles. The van der Waals surface area contributed by atoms with E-state index < -0.39 is 5.92 Å². The number of carbonyl (C=O) groups excluding carboxylic acids is 2. The van der Waals surface area contributed by atoms with Gasteiger partial charge in [0.25, 0.3) is 11.8 Å². The third-order valence-electron chi connectivity index (χ3n) is 5.20. The number of hydrogen-bond donors (Lipinski definition) is 1. The molecule has 0 fully saturated rings. The molecule has 0 bridgehead atoms. The summed E-state index contributed by atoms with van der Waals surface area (Å²) in [6, 6.07) is 5.70. The average molecular weight is 391 g/mol. The molecule has 1 aliphatic heterocycles. The molecule has 0 spiro atoms. The van der Waals surface area contributed by atoms with Crippen LogP contribution in [-0.4, -0.2) is 35.1 Å². The van der Waals surface area contributed by atoms with E-state index in [1.165, 1.54) is 0 Å². The topological polar surface area (TPSA) is 72.2 Å². The zero-order chi connectivity index (χ0) is 21.1. The third kappa shape index (κ3) is 4.15. The van der Waals surface area contributed by atoms with Crippen molar-refractivity contribution in [2.45, 2.75) is 33.8 Å². The zero-order valence-corrected chi connectivity index (χ0v) is 17.2. The number of ether oxygens (including phenoxy) is 1. The highest BCUT2D eigenvalue weighted by molar-refractivity contribution is 6.06. The standard InChI is InChI=1S/C23H25N3O3/c1-6-10-29-17(5)21-16(4)19(12-18-8-7-9-26(18)21)22(27)24-13-20-14(2)11-15(3)25-23(20)28/h1,7-9,11-12,17,20H,10,13H2,2-5H3,(H,24,27). The van der Waals surface area contributed by atoms with Crippen LogP contribution < -0.4 is 5.32 Å². The van der Waals surface area contributed by atoms with Crippen LogP contribution in [0.3, 0.4) is 0 Å². The maximum Gasteiger partial charge on any atom is 0.254 e. The van der Waals surface area contributed by atoms with Crippen molar-refractivity contribution in [3.8, 4) is 12.3 Å². The lowest BCUT2D eigenvalue weighted by Gasteiger charge is -2.21. The first kappa shape index (κ1) is 20.6. The summed E-state index contributed by atoms with van der Waals surface area (Å²) in [7, 11) is 0. The molecule has 29 heavy (non-hydrogen) atoms. The minimum absolute atomic E-state index is 0.190. The lowest BCUT2D eigenvalue weighted by Crippen LogP contribution is -2.35. The lowest BCUT2D eigenvalue weighted by atomic mass is 9.95. The van der Waals surface area contributed by atoms with Crippen molar-refractivity contribution >= 4 is 23.0 Å². The Hall–Kier alpha value is -3.17. The summed E-state index contributed by atoms with van der Waals surface area (Å²) >= 11 is 0. The van der Waals surface area contributed by atoms with E-state index in [2.05, 4.69) is 16.2 Å². The molecule has 2 amide bonds. The molecule has 0 aliphatic carbocycles. The molecule has 150 valence electrons. The smallest absolute Gasteiger partial charge is 0.254 e. The van der Waals surface area contributed by atoms with Crippen LogP contribution >= 0.6 is 0 Å². The number of aromatic nitrogens is 1. The summed E-state index contributed by atoms with van der Waals surface area (Å²) in [5.74, 6) is 1.59. The number of carbonyl (C=O) groups is 2. The molecule has 2 aromatic rings. The highest BCUT2D eigenvalue weighted by Crippen LogP contribution is 2.26. The first-order valence-corrected chi connectivity index (χ1v) is 9.54. The van der Waals surface area contributed by atoms with Crippen molar-refractivity contribution in [1.29, 1.82) is 0 Å². The molecule has 1 N–H and O–H groups in total. The van der Waals surface area contributed by atoms with E-state index in [-0.39, 0.29) is 31.1 Å². The Labute approximate surface area is 170 Å². The van der Waals surface area contributed by atoms with E-state index in [4.69, 9.17) is 11.2 Å². The van der Waals surface area contributed by atoms with Gasteiger partial charge in [0.15, 0.2) is 0 Å². The maximum absolute atomic E-state index is 13.0. The van der Waals surface area contributed by atoms with Crippen molar-refractivity contribution in [2.75, 3.05) is 13.2 Å². The third-order valence-corrected chi connectivity index (χ3v) is 5.20. The zero-order valence-electron chi connectivity index (χ0n) is 17.2. The summed E-state index contributed by atoms with van der Waals surface area (Å²) < 4.78 is 7.71. The van der Waals surface area contributed by atoms with E-state index >= 15 is 0 Å². The minimum atomic E-state index is -0.433. The quantitative estimate of drug-likeness (QED) is 0.769. The molecule has 2 atom stereocenters. The second-order valence-electron chi connectivity index (χ2n) is 7.27. The van der Waals surface area contributed by atoms with Crippen molar-refractivity contribution in [3.05, 3.63) is 52.9 Å². The fourth-order valence-corrected chi connectivity index (χ4v) is 3.74. The van der Waals surface area contributed by atoms with Crippen LogP contribution in [0, 0.1) is 25.2 Å². The Balaban J connectivity index is 1.87. The number of amides is 2. The van der Waals surface area contributed by atoms with Gasteiger partial charge in [-0.3, -0.25) is 9.59 Å². The van der Waals surface area contributed by atoms with Gasteiger partial charge in [-0.2, -0.15) is 0 Å². The molecule has 0 radical (unpaired) electrons. The molecule has 2 aromatic heterocycles. The molecule has 1 aliphatic rings. The Kier molecular flexibility index (Phi) is 6.00. The minimum Gasteiger partial charge on any atom is -0.360 e. The van der Waals surface area contributed by atoms with Crippen molar-refractivity contribution in [2.24, 2.45) is 10.9 Å². The number of terminal acetylenes is 1. The number of fused-ring (bicyclic) bond motifs is 1. The Morgan fingerprint density at radius 1 is 1.41 bits per heavy atom. The number of rotatable bonds is 6. The molecular formula is C23H25N3O3. The van der Waals surface area contributed by atoms with Gasteiger partial charge in [-0.1, -0.05) is 11.5 Å². The predicted molar refractivity (Wildman–Crippen MR) is 113 cm³/mol. The SMILES string of the molecule is C#CCOC(C)c1c(C)c(C(=O)NCC2C(=O)N=C(C)C=C2C)cc2cccn12. The highest BCUT2D eigenvalue weighted by atomic mass is 16.5. The highest BCUT2D eigenvalue weighted by Gasteiger charge is 2.25. The van der Waals surface area contributed by atoms with Crippen LogP contribution in [0.5, 0.6) is 0 Å². The van der Waals surface area contributed by atoms with E-state index in [1.807, 2.05) is 55.6 Å². The van der Waals surface area contributed by atoms with Crippen LogP contribution in [0.15, 0.2) is 41.0 Å². The largest absolute Gasteiger partial charge is 0.360 e. The number of dihydropyridines is 1. The van der Waals surface area contributed by atoms with Gasteiger partial charge in [-0.15, -0.1) is 6.42 Å². The first-order valence-electron chi connectivity index (χ1n) is 9.54. The fourth-order valence-electron chi connectivity index (χ4n) is 3.74.